The molecule has 0 rings (SSSR count). The third-order valence-electron chi connectivity index (χ3n) is 1.10. The second-order valence-electron chi connectivity index (χ2n) is 2.54. The zero-order valence-corrected chi connectivity index (χ0v) is 7.52. The molecule has 0 unspecified atom stereocenters. The van der Waals surface area contributed by atoms with E-state index in [9.17, 15) is 22.0 Å². The number of hydrogen-bond acceptors (Lipinski definition) is 0. The maximum Gasteiger partial charge on any atom is 0.450 e. The van der Waals surface area contributed by atoms with Gasteiger partial charge in [-0.15, -0.1) is 0 Å². The van der Waals surface area contributed by atoms with Crippen LogP contribution in [0.1, 0.15) is 0 Å². The molecule has 11 heavy (non-hydrogen) atoms. The number of hydrogen-bond donors (Lipinski definition) is 0. The molecule has 0 saturated carbocycles. The van der Waals surface area contributed by atoms with Crippen molar-refractivity contribution in [2.75, 3.05) is 0 Å². The van der Waals surface area contributed by atoms with E-state index in [4.69, 9.17) is 11.1 Å². The third kappa shape index (κ3) is 2.05. The molecule has 0 aliphatic heterocycles. The third-order valence-corrected chi connectivity index (χ3v) is 3.59. The number of rotatable bonds is 1. The first-order chi connectivity index (χ1) is 4.50. The first kappa shape index (κ1) is 11.2. The van der Waals surface area contributed by atoms with Crippen LogP contribution in [0.5, 0.6) is 0 Å². The lowest BCUT2D eigenvalue weighted by molar-refractivity contribution is -0.246. The van der Waals surface area contributed by atoms with Gasteiger partial charge < -0.3 is 0 Å². The Morgan fingerprint density at radius 2 is 1.27 bits per heavy atom. The van der Waals surface area contributed by atoms with Crippen LogP contribution in [-0.2, 0) is 0 Å². The Bertz CT molecular complexity index is 130. The highest BCUT2D eigenvalue weighted by molar-refractivity contribution is 7.20. The standard InChI is InChI=1S/C4H6ClF5Si/c1-11(2,5)4(9,10)3(6,7)8/h1-2H3. The summed E-state index contributed by atoms with van der Waals surface area (Å²) in [4.78, 5) is 0. The smallest absolute Gasteiger partial charge is 0.200 e. The largest absolute Gasteiger partial charge is 0.450 e. The minimum absolute atomic E-state index is 0.752. The summed E-state index contributed by atoms with van der Waals surface area (Å²) < 4.78 is 59.1. The van der Waals surface area contributed by atoms with Crippen LogP contribution in [0.2, 0.25) is 13.1 Å². The Morgan fingerprint density at radius 1 is 1.00 bits per heavy atom. The highest BCUT2D eigenvalue weighted by Gasteiger charge is 2.67. The molecule has 0 bridgehead atoms. The Labute approximate surface area is 66.1 Å². The second kappa shape index (κ2) is 2.58. The lowest BCUT2D eigenvalue weighted by Gasteiger charge is -2.27. The van der Waals surface area contributed by atoms with E-state index in [-0.39, 0.29) is 0 Å². The Balaban J connectivity index is 4.75. The van der Waals surface area contributed by atoms with E-state index in [1.54, 1.807) is 0 Å². The summed E-state index contributed by atoms with van der Waals surface area (Å²) in [5, 5.41) is 0. The van der Waals surface area contributed by atoms with Gasteiger partial charge in [0.1, 0.15) is 0 Å². The lowest BCUT2D eigenvalue weighted by atomic mass is 10.7. The monoisotopic (exact) mass is 212 g/mol. The van der Waals surface area contributed by atoms with Crippen LogP contribution in [0.15, 0.2) is 0 Å². The van der Waals surface area contributed by atoms with Crippen molar-refractivity contribution in [3.8, 4) is 0 Å². The summed E-state index contributed by atoms with van der Waals surface area (Å²) in [6, 6.07) is 0. The van der Waals surface area contributed by atoms with Crippen molar-refractivity contribution in [3.05, 3.63) is 0 Å². The topological polar surface area (TPSA) is 0 Å². The molecule has 0 aromatic carbocycles. The molecule has 0 nitrogen and oxygen atoms in total. The summed E-state index contributed by atoms with van der Waals surface area (Å²) in [6.45, 7) is 1.50. The predicted molar refractivity (Wildman–Crippen MR) is 34.3 cm³/mol. The van der Waals surface area contributed by atoms with Crippen LogP contribution in [0.4, 0.5) is 22.0 Å². The summed E-state index contributed by atoms with van der Waals surface area (Å²) in [7, 11) is -4.01. The highest BCUT2D eigenvalue weighted by atomic mass is 35.6. The Morgan fingerprint density at radius 3 is 1.27 bits per heavy atom. The minimum Gasteiger partial charge on any atom is -0.200 e. The molecule has 0 fully saturated rings. The Hall–Kier alpha value is 0.157. The molecular weight excluding hydrogens is 207 g/mol. The van der Waals surface area contributed by atoms with Crippen molar-refractivity contribution < 1.29 is 22.0 Å². The van der Waals surface area contributed by atoms with Crippen molar-refractivity contribution in [2.45, 2.75) is 24.8 Å². The predicted octanol–water partition coefficient (Wildman–Crippen LogP) is 3.17. The second-order valence-corrected chi connectivity index (χ2v) is 8.95. The molecule has 0 heterocycles. The fraction of sp³-hybridized carbons (Fsp3) is 1.00. The molecule has 0 spiro atoms. The highest BCUT2D eigenvalue weighted by Crippen LogP contribution is 2.43. The molecule has 0 aromatic rings. The van der Waals surface area contributed by atoms with E-state index in [0.29, 0.717) is 0 Å². The summed E-state index contributed by atoms with van der Waals surface area (Å²) in [6.07, 6.45) is -5.52. The summed E-state index contributed by atoms with van der Waals surface area (Å²) in [5.74, 6) is 0. The lowest BCUT2D eigenvalue weighted by Crippen LogP contribution is -2.53. The van der Waals surface area contributed by atoms with Gasteiger partial charge >= 0.3 is 11.7 Å². The molecule has 0 radical (unpaired) electrons. The molecule has 0 amide bonds. The van der Waals surface area contributed by atoms with E-state index in [1.807, 2.05) is 0 Å². The van der Waals surface area contributed by atoms with E-state index < -0.39 is 19.1 Å². The fourth-order valence-corrected chi connectivity index (χ4v) is 1.33. The molecule has 0 atom stereocenters. The van der Waals surface area contributed by atoms with E-state index in [0.717, 1.165) is 13.1 Å². The molecule has 0 aliphatic rings. The normalized spacial score (nSPS) is 15.3. The van der Waals surface area contributed by atoms with Gasteiger partial charge in [-0.1, -0.05) is 13.1 Å². The van der Waals surface area contributed by atoms with Gasteiger partial charge in [-0.05, 0) is 0 Å². The van der Waals surface area contributed by atoms with Gasteiger partial charge in [0.25, 0.3) is 0 Å². The first-order valence-electron chi connectivity index (χ1n) is 2.63. The maximum absolute atomic E-state index is 12.2. The zero-order chi connectivity index (χ0) is 9.50. The zero-order valence-electron chi connectivity index (χ0n) is 5.77. The number of halogens is 6. The van der Waals surface area contributed by atoms with Crippen LogP contribution in [0.25, 0.3) is 0 Å². The van der Waals surface area contributed by atoms with Gasteiger partial charge in [-0.25, -0.2) is 0 Å². The number of alkyl halides is 5. The molecule has 7 heteroatoms. The van der Waals surface area contributed by atoms with Gasteiger partial charge in [0.05, 0.1) is 0 Å². The van der Waals surface area contributed by atoms with Crippen molar-refractivity contribution >= 4 is 18.5 Å². The molecular formula is C4H6ClF5Si. The van der Waals surface area contributed by atoms with Gasteiger partial charge in [-0.3, -0.25) is 0 Å². The maximum atomic E-state index is 12.2. The van der Waals surface area contributed by atoms with Crippen molar-refractivity contribution in [1.29, 1.82) is 0 Å². The van der Waals surface area contributed by atoms with Crippen LogP contribution >= 0.6 is 11.1 Å². The van der Waals surface area contributed by atoms with Gasteiger partial charge in [0.15, 0.2) is 0 Å². The molecule has 68 valence electrons. The fourth-order valence-electron chi connectivity index (χ4n) is 0.337. The first-order valence-corrected chi connectivity index (χ1v) is 6.65. The molecule has 0 saturated heterocycles. The van der Waals surface area contributed by atoms with Crippen molar-refractivity contribution in [2.24, 2.45) is 0 Å². The van der Waals surface area contributed by atoms with E-state index in [1.165, 1.54) is 0 Å². The average Bonchev–Trinajstić information content (AvgIpc) is 1.58. The van der Waals surface area contributed by atoms with Crippen LogP contribution in [-0.4, -0.2) is 19.1 Å². The van der Waals surface area contributed by atoms with Crippen LogP contribution < -0.4 is 0 Å². The average molecular weight is 213 g/mol. The minimum atomic E-state index is -5.52. The van der Waals surface area contributed by atoms with Crippen molar-refractivity contribution in [3.63, 3.8) is 0 Å². The summed E-state index contributed by atoms with van der Waals surface area (Å²) in [5.41, 5.74) is -4.72. The SMILES string of the molecule is C[Si](C)(Cl)C(F)(F)C(F)(F)F. The van der Waals surface area contributed by atoms with E-state index in [2.05, 4.69) is 0 Å². The van der Waals surface area contributed by atoms with Crippen LogP contribution in [0, 0.1) is 0 Å². The van der Waals surface area contributed by atoms with Gasteiger partial charge in [0.2, 0.25) is 7.38 Å². The van der Waals surface area contributed by atoms with Gasteiger partial charge in [-0.2, -0.15) is 33.0 Å². The Kier molecular flexibility index (Phi) is 2.62. The quantitative estimate of drug-likeness (QED) is 0.356. The molecule has 0 N–H and O–H groups in total. The van der Waals surface area contributed by atoms with Crippen LogP contribution in [0.3, 0.4) is 0 Å². The van der Waals surface area contributed by atoms with Gasteiger partial charge in [0, 0.05) is 0 Å². The van der Waals surface area contributed by atoms with E-state index >= 15 is 0 Å². The summed E-state index contributed by atoms with van der Waals surface area (Å²) >= 11 is 4.98. The molecule has 0 aromatic heterocycles. The molecule has 0 aliphatic carbocycles. The van der Waals surface area contributed by atoms with Crippen molar-refractivity contribution in [1.82, 2.24) is 0 Å².